The summed E-state index contributed by atoms with van der Waals surface area (Å²) in [7, 11) is -2.83. The van der Waals surface area contributed by atoms with Gasteiger partial charge in [-0.05, 0) is 80.0 Å². The maximum absolute atomic E-state index is 14.5. The zero-order valence-corrected chi connectivity index (χ0v) is 30.3. The number of hydrogen-bond donors (Lipinski definition) is 4. The van der Waals surface area contributed by atoms with Crippen LogP contribution in [0.3, 0.4) is 0 Å². The van der Waals surface area contributed by atoms with Crippen molar-refractivity contribution in [2.24, 2.45) is 17.8 Å². The molecule has 0 spiro atoms. The molecule has 2 aliphatic heterocycles. The number of fused-ring (bicyclic) bond motifs is 3. The molecule has 4 N–H and O–H groups in total. The Hall–Kier alpha value is -4.47. The highest BCUT2D eigenvalue weighted by Gasteiger charge is 2.64. The Morgan fingerprint density at radius 3 is 2.63 bits per heavy atom. The Balaban J connectivity index is 1.35. The van der Waals surface area contributed by atoms with Crippen molar-refractivity contribution >= 4 is 44.6 Å². The van der Waals surface area contributed by atoms with Gasteiger partial charge in [-0.25, -0.2) is 22.6 Å². The number of alkyl halides is 1. The van der Waals surface area contributed by atoms with Crippen LogP contribution in [0, 0.1) is 17.8 Å². The number of allylic oxidation sites excluding steroid dienone is 1. The highest BCUT2D eigenvalue weighted by Crippen LogP contribution is 2.48. The monoisotopic (exact) mass is 743 g/mol. The van der Waals surface area contributed by atoms with Crippen molar-refractivity contribution in [3.05, 3.63) is 42.6 Å². The van der Waals surface area contributed by atoms with Gasteiger partial charge >= 0.3 is 6.09 Å². The number of carbonyl (C=O) groups is 4. The molecule has 16 heteroatoms. The van der Waals surface area contributed by atoms with Crippen molar-refractivity contribution in [3.8, 4) is 11.6 Å². The summed E-state index contributed by atoms with van der Waals surface area (Å²) >= 11 is 0. The standard InChI is InChI=1S/C36H46FN5O9S/c1-4-22-15-21(2)7-5-6-8-24-18-36(24,33(45)41-52(48,49)35(20-37)12-13-35)40-30(43)28-17-26(19-42(28)32(44)29(22)39-34(46)47)51-31-27-10-9-25(50-3)16-23(27)11-14-38-31/h6,8-11,14,16,21-22,24,26,28-29,39H,4-5,7,12-13,15,17-20H2,1-3H3,(H,40,43)(H,41,45)(H,46,47)/t21-,22-,24-,26-,28+,29+,36-/m1/s1. The summed E-state index contributed by atoms with van der Waals surface area (Å²) < 4.78 is 52.0. The number of methoxy groups -OCH3 is 1. The lowest BCUT2D eigenvalue weighted by Gasteiger charge is -2.33. The van der Waals surface area contributed by atoms with Gasteiger partial charge in [-0.2, -0.15) is 0 Å². The molecule has 1 aromatic carbocycles. The first-order valence-corrected chi connectivity index (χ1v) is 19.3. The number of benzene rings is 1. The van der Waals surface area contributed by atoms with Gasteiger partial charge in [-0.3, -0.25) is 19.1 Å². The SMILES string of the molecule is CC[C@@H]1C[C@H](C)CCC=C[C@@H]2C[C@@]2(C(=O)NS(=O)(=O)C2(CF)CC2)NC(=O)[C@@H]2C[C@@H](Oc3nccc4cc(OC)ccc34)CN2C(=O)[C@H]1NC(=O)O. The molecule has 3 fully saturated rings. The maximum Gasteiger partial charge on any atom is 0.405 e. The molecule has 52 heavy (non-hydrogen) atoms. The van der Waals surface area contributed by atoms with Gasteiger partial charge in [-0.1, -0.05) is 32.4 Å². The fourth-order valence-electron chi connectivity index (χ4n) is 7.61. The fourth-order valence-corrected chi connectivity index (χ4v) is 9.04. The van der Waals surface area contributed by atoms with Crippen molar-refractivity contribution in [3.63, 3.8) is 0 Å². The number of rotatable bonds is 9. The molecular formula is C36H46FN5O9S. The predicted octanol–water partition coefficient (Wildman–Crippen LogP) is 3.45. The Morgan fingerprint density at radius 2 is 1.96 bits per heavy atom. The first-order valence-electron chi connectivity index (χ1n) is 17.8. The largest absolute Gasteiger partial charge is 0.497 e. The van der Waals surface area contributed by atoms with Crippen molar-refractivity contribution in [2.45, 2.75) is 93.7 Å². The number of ether oxygens (including phenoxy) is 2. The molecule has 2 aromatic rings. The lowest BCUT2D eigenvalue weighted by Crippen LogP contribution is -2.59. The quantitative estimate of drug-likeness (QED) is 0.277. The van der Waals surface area contributed by atoms with Crippen LogP contribution in [0.15, 0.2) is 42.6 Å². The van der Waals surface area contributed by atoms with Gasteiger partial charge in [0.1, 0.15) is 40.9 Å². The summed E-state index contributed by atoms with van der Waals surface area (Å²) in [5.74, 6) is -2.25. The number of carbonyl (C=O) groups excluding carboxylic acids is 3. The van der Waals surface area contributed by atoms with Gasteiger partial charge in [-0.15, -0.1) is 0 Å². The molecular weight excluding hydrogens is 697 g/mol. The van der Waals surface area contributed by atoms with Crippen LogP contribution in [-0.2, 0) is 24.4 Å². The predicted molar refractivity (Wildman–Crippen MR) is 188 cm³/mol. The van der Waals surface area contributed by atoms with E-state index in [0.29, 0.717) is 36.8 Å². The summed E-state index contributed by atoms with van der Waals surface area (Å²) in [6, 6.07) is 4.76. The van der Waals surface area contributed by atoms with Gasteiger partial charge < -0.3 is 30.1 Å². The van der Waals surface area contributed by atoms with Gasteiger partial charge in [0.05, 0.1) is 13.7 Å². The van der Waals surface area contributed by atoms with E-state index in [4.69, 9.17) is 9.47 Å². The smallest absolute Gasteiger partial charge is 0.405 e. The van der Waals surface area contributed by atoms with Gasteiger partial charge in [0.15, 0.2) is 0 Å². The molecule has 0 radical (unpaired) electrons. The second kappa shape index (κ2) is 14.5. The van der Waals surface area contributed by atoms with Crippen LogP contribution in [0.2, 0.25) is 0 Å². The fraction of sp³-hybridized carbons (Fsp3) is 0.583. The number of aromatic nitrogens is 1. The van der Waals surface area contributed by atoms with Crippen molar-refractivity contribution in [1.82, 2.24) is 25.2 Å². The number of pyridine rings is 1. The molecule has 4 amide bonds. The summed E-state index contributed by atoms with van der Waals surface area (Å²) in [6.45, 7) is 2.68. The molecule has 2 saturated carbocycles. The van der Waals surface area contributed by atoms with E-state index in [0.717, 1.165) is 5.39 Å². The minimum Gasteiger partial charge on any atom is -0.497 e. The number of amides is 4. The molecule has 282 valence electrons. The molecule has 1 saturated heterocycles. The summed E-state index contributed by atoms with van der Waals surface area (Å²) in [5.41, 5.74) is -1.66. The Kier molecular flexibility index (Phi) is 10.4. The van der Waals surface area contributed by atoms with E-state index in [1.165, 1.54) is 4.90 Å². The minimum atomic E-state index is -4.38. The highest BCUT2D eigenvalue weighted by atomic mass is 32.2. The molecule has 4 aliphatic rings. The van der Waals surface area contributed by atoms with E-state index in [2.05, 4.69) is 20.3 Å². The van der Waals surface area contributed by atoms with E-state index >= 15 is 0 Å². The topological polar surface area (TPSA) is 193 Å². The maximum atomic E-state index is 14.5. The third kappa shape index (κ3) is 7.26. The average molecular weight is 744 g/mol. The first-order chi connectivity index (χ1) is 24.8. The zero-order chi connectivity index (χ0) is 37.4. The molecule has 1 aromatic heterocycles. The van der Waals surface area contributed by atoms with E-state index in [9.17, 15) is 37.1 Å². The van der Waals surface area contributed by atoms with Crippen LogP contribution in [0.5, 0.6) is 11.6 Å². The van der Waals surface area contributed by atoms with Crippen molar-refractivity contribution in [1.29, 1.82) is 0 Å². The second-order valence-electron chi connectivity index (χ2n) is 14.6. The summed E-state index contributed by atoms with van der Waals surface area (Å²) in [4.78, 5) is 60.3. The molecule has 7 atom stereocenters. The normalized spacial score (nSPS) is 30.2. The van der Waals surface area contributed by atoms with Crippen LogP contribution in [0.1, 0.15) is 65.2 Å². The molecule has 3 heterocycles. The van der Waals surface area contributed by atoms with Gasteiger partial charge in [0.2, 0.25) is 27.7 Å². The van der Waals surface area contributed by atoms with Crippen LogP contribution in [-0.4, -0.2) is 96.0 Å². The summed E-state index contributed by atoms with van der Waals surface area (Å²) in [6.07, 6.45) is 5.67. The molecule has 2 aliphatic carbocycles. The van der Waals surface area contributed by atoms with Crippen molar-refractivity contribution < 1.29 is 46.6 Å². The van der Waals surface area contributed by atoms with Gasteiger partial charge in [0.25, 0.3) is 5.91 Å². The number of halogens is 1. The average Bonchev–Trinajstić information content (AvgIpc) is 4.02. The van der Waals surface area contributed by atoms with Crippen LogP contribution in [0.25, 0.3) is 10.8 Å². The second-order valence-corrected chi connectivity index (χ2v) is 16.7. The number of hydrogen-bond acceptors (Lipinski definition) is 9. The molecule has 0 unspecified atom stereocenters. The molecule has 6 rings (SSSR count). The lowest BCUT2D eigenvalue weighted by atomic mass is 9.85. The van der Waals surface area contributed by atoms with E-state index in [-0.39, 0.29) is 49.9 Å². The van der Waals surface area contributed by atoms with Gasteiger partial charge in [0, 0.05) is 23.9 Å². The Bertz CT molecular complexity index is 1870. The zero-order valence-electron chi connectivity index (χ0n) is 29.5. The number of nitrogens with one attached hydrogen (secondary N) is 3. The van der Waals surface area contributed by atoms with Crippen LogP contribution < -0.4 is 24.8 Å². The van der Waals surface area contributed by atoms with Crippen LogP contribution in [0.4, 0.5) is 9.18 Å². The summed E-state index contributed by atoms with van der Waals surface area (Å²) in [5, 5.41) is 16.5. The Morgan fingerprint density at radius 1 is 1.19 bits per heavy atom. The highest BCUT2D eigenvalue weighted by molar-refractivity contribution is 7.91. The first kappa shape index (κ1) is 37.3. The minimum absolute atomic E-state index is 0.0275. The molecule has 0 bridgehead atoms. The van der Waals surface area contributed by atoms with Crippen molar-refractivity contribution in [2.75, 3.05) is 20.3 Å². The van der Waals surface area contributed by atoms with Crippen LogP contribution >= 0.6 is 0 Å². The number of nitrogens with zero attached hydrogens (tertiary/aromatic N) is 2. The Labute approximate surface area is 301 Å². The lowest BCUT2D eigenvalue weighted by molar-refractivity contribution is -0.142. The van der Waals surface area contributed by atoms with E-state index in [1.54, 1.807) is 37.6 Å². The van der Waals surface area contributed by atoms with E-state index < -0.39 is 74.9 Å². The number of sulfonamides is 1. The number of carboxylic acid groups (broad SMARTS) is 1. The third-order valence-electron chi connectivity index (χ3n) is 11.1. The van der Waals surface area contributed by atoms with E-state index in [1.807, 2.05) is 26.0 Å². The molecule has 14 nitrogen and oxygen atoms in total. The third-order valence-corrected chi connectivity index (χ3v) is 13.2.